The quantitative estimate of drug-likeness (QED) is 0.526. The first kappa shape index (κ1) is 22.0. The van der Waals surface area contributed by atoms with E-state index in [1.807, 2.05) is 32.0 Å². The zero-order valence-corrected chi connectivity index (χ0v) is 18.4. The number of nitrogens with one attached hydrogen (secondary N) is 2. The molecule has 1 aliphatic heterocycles. The number of urea groups is 1. The summed E-state index contributed by atoms with van der Waals surface area (Å²) in [5.74, 6) is 1.31. The highest BCUT2D eigenvalue weighted by atomic mass is 16.5. The number of carbonyl (C=O) groups is 1. The van der Waals surface area contributed by atoms with Crippen LogP contribution in [0.4, 0.5) is 10.5 Å². The molecule has 32 heavy (non-hydrogen) atoms. The van der Waals surface area contributed by atoms with Gasteiger partial charge in [-0.25, -0.2) is 4.79 Å². The molecule has 0 bridgehead atoms. The maximum Gasteiger partial charge on any atom is 0.319 e. The normalized spacial score (nSPS) is 14.8. The molecule has 0 fully saturated rings. The molecule has 0 saturated heterocycles. The van der Waals surface area contributed by atoms with Crippen LogP contribution in [0.2, 0.25) is 0 Å². The summed E-state index contributed by atoms with van der Waals surface area (Å²) in [5, 5.41) is 19.8. The number of aliphatic hydroxyl groups excluding tert-OH is 1. The SMILES string of the molecule is CC(C)c1noc(-c2ccc(NC(=O)NCC(O)CN3CCc4ccccc4C3)cc2)n1. The predicted molar refractivity (Wildman–Crippen MR) is 122 cm³/mol. The molecular weight excluding hydrogens is 406 g/mol. The third-order valence-corrected chi connectivity index (χ3v) is 5.52. The van der Waals surface area contributed by atoms with Crippen molar-refractivity contribution in [3.8, 4) is 11.5 Å². The van der Waals surface area contributed by atoms with Gasteiger partial charge in [0.25, 0.3) is 5.89 Å². The Labute approximate surface area is 187 Å². The second-order valence-corrected chi connectivity index (χ2v) is 8.43. The van der Waals surface area contributed by atoms with Crippen molar-refractivity contribution in [1.82, 2.24) is 20.4 Å². The summed E-state index contributed by atoms with van der Waals surface area (Å²) < 4.78 is 5.29. The minimum absolute atomic E-state index is 0.183. The van der Waals surface area contributed by atoms with E-state index in [-0.39, 0.29) is 18.5 Å². The van der Waals surface area contributed by atoms with E-state index < -0.39 is 6.10 Å². The summed E-state index contributed by atoms with van der Waals surface area (Å²) in [5.41, 5.74) is 4.10. The van der Waals surface area contributed by atoms with E-state index in [1.165, 1.54) is 11.1 Å². The van der Waals surface area contributed by atoms with Crippen LogP contribution < -0.4 is 10.6 Å². The Morgan fingerprint density at radius 1 is 1.16 bits per heavy atom. The average Bonchev–Trinajstić information content (AvgIpc) is 3.29. The van der Waals surface area contributed by atoms with Crippen LogP contribution >= 0.6 is 0 Å². The van der Waals surface area contributed by atoms with Crippen LogP contribution in [0.1, 0.15) is 36.7 Å². The van der Waals surface area contributed by atoms with Gasteiger partial charge in [-0.05, 0) is 41.8 Å². The van der Waals surface area contributed by atoms with Crippen LogP contribution in [0.5, 0.6) is 0 Å². The van der Waals surface area contributed by atoms with Crippen LogP contribution in [0.3, 0.4) is 0 Å². The molecule has 8 nitrogen and oxygen atoms in total. The molecule has 2 heterocycles. The Bertz CT molecular complexity index is 1050. The van der Waals surface area contributed by atoms with Gasteiger partial charge >= 0.3 is 6.03 Å². The Kier molecular flexibility index (Phi) is 6.82. The topological polar surface area (TPSA) is 104 Å². The number of β-amino-alcohol motifs (C(OH)–C–C–N with tert-alkyl or cyclic N) is 1. The van der Waals surface area contributed by atoms with Crippen molar-refractivity contribution in [2.45, 2.75) is 38.8 Å². The Morgan fingerprint density at radius 3 is 2.62 bits per heavy atom. The molecule has 2 aromatic carbocycles. The molecule has 0 saturated carbocycles. The number of aliphatic hydroxyl groups is 1. The number of anilines is 1. The molecule has 4 rings (SSSR count). The first-order valence-electron chi connectivity index (χ1n) is 10.9. The number of hydrogen-bond donors (Lipinski definition) is 3. The van der Waals surface area contributed by atoms with Crippen molar-refractivity contribution in [1.29, 1.82) is 0 Å². The van der Waals surface area contributed by atoms with Crippen molar-refractivity contribution in [2.75, 3.05) is 25.0 Å². The second-order valence-electron chi connectivity index (χ2n) is 8.43. The van der Waals surface area contributed by atoms with Crippen LogP contribution in [0.25, 0.3) is 11.5 Å². The summed E-state index contributed by atoms with van der Waals surface area (Å²) >= 11 is 0. The Hall–Kier alpha value is -3.23. The summed E-state index contributed by atoms with van der Waals surface area (Å²) in [7, 11) is 0. The molecule has 0 radical (unpaired) electrons. The van der Waals surface area contributed by atoms with Gasteiger partial charge in [0.15, 0.2) is 5.82 Å². The molecule has 3 aromatic rings. The van der Waals surface area contributed by atoms with Gasteiger partial charge in [-0.1, -0.05) is 43.3 Å². The lowest BCUT2D eigenvalue weighted by Crippen LogP contribution is -2.42. The van der Waals surface area contributed by atoms with Gasteiger partial charge in [0, 0.05) is 43.3 Å². The number of fused-ring (bicyclic) bond motifs is 1. The molecule has 168 valence electrons. The van der Waals surface area contributed by atoms with Crippen LogP contribution in [-0.4, -0.2) is 51.9 Å². The zero-order valence-electron chi connectivity index (χ0n) is 18.4. The fourth-order valence-corrected chi connectivity index (χ4v) is 3.74. The molecular formula is C24H29N5O3. The summed E-state index contributed by atoms with van der Waals surface area (Å²) in [6, 6.07) is 15.2. The lowest BCUT2D eigenvalue weighted by atomic mass is 10.00. The molecule has 1 unspecified atom stereocenters. The standard InChI is InChI=1S/C24H29N5O3/c1-16(2)22-27-23(32-28-22)18-7-9-20(10-8-18)26-24(31)25-13-21(30)15-29-12-11-17-5-3-4-6-19(17)14-29/h3-10,16,21,30H,11-15H2,1-2H3,(H2,25,26,31). The summed E-state index contributed by atoms with van der Waals surface area (Å²) in [6.45, 7) is 6.44. The number of amides is 2. The van der Waals surface area contributed by atoms with Crippen molar-refractivity contribution in [2.24, 2.45) is 0 Å². The predicted octanol–water partition coefficient (Wildman–Crippen LogP) is 3.40. The lowest BCUT2D eigenvalue weighted by molar-refractivity contribution is 0.106. The number of aromatic nitrogens is 2. The first-order valence-corrected chi connectivity index (χ1v) is 10.9. The molecule has 0 aliphatic carbocycles. The molecule has 1 atom stereocenters. The van der Waals surface area contributed by atoms with Crippen molar-refractivity contribution >= 4 is 11.7 Å². The van der Waals surface area contributed by atoms with E-state index in [0.717, 1.165) is 25.1 Å². The monoisotopic (exact) mass is 435 g/mol. The molecule has 0 spiro atoms. The van der Waals surface area contributed by atoms with Crippen molar-refractivity contribution in [3.05, 3.63) is 65.5 Å². The first-order chi connectivity index (χ1) is 15.5. The summed E-state index contributed by atoms with van der Waals surface area (Å²) in [6.07, 6.45) is 0.343. The summed E-state index contributed by atoms with van der Waals surface area (Å²) in [4.78, 5) is 18.8. The molecule has 3 N–H and O–H groups in total. The minimum atomic E-state index is -0.638. The van der Waals surface area contributed by atoms with E-state index in [2.05, 4.69) is 43.9 Å². The van der Waals surface area contributed by atoms with Crippen LogP contribution in [0, 0.1) is 0 Å². The Morgan fingerprint density at radius 2 is 1.91 bits per heavy atom. The van der Waals surface area contributed by atoms with Gasteiger partial charge in [-0.3, -0.25) is 4.90 Å². The minimum Gasteiger partial charge on any atom is -0.390 e. The van der Waals surface area contributed by atoms with Crippen LogP contribution in [0.15, 0.2) is 53.1 Å². The smallest absolute Gasteiger partial charge is 0.319 e. The van der Waals surface area contributed by atoms with E-state index in [4.69, 9.17) is 4.52 Å². The van der Waals surface area contributed by atoms with E-state index in [0.29, 0.717) is 23.9 Å². The fraction of sp³-hybridized carbons (Fsp3) is 0.375. The van der Waals surface area contributed by atoms with Crippen LogP contribution in [-0.2, 0) is 13.0 Å². The second kappa shape index (κ2) is 9.93. The molecule has 1 aromatic heterocycles. The van der Waals surface area contributed by atoms with Gasteiger partial charge < -0.3 is 20.3 Å². The zero-order chi connectivity index (χ0) is 22.5. The number of benzene rings is 2. The Balaban J connectivity index is 1.22. The highest BCUT2D eigenvalue weighted by molar-refractivity contribution is 5.89. The van der Waals surface area contributed by atoms with Gasteiger partial charge in [0.1, 0.15) is 0 Å². The van der Waals surface area contributed by atoms with Gasteiger partial charge in [-0.15, -0.1) is 0 Å². The maximum absolute atomic E-state index is 12.2. The third kappa shape index (κ3) is 5.52. The van der Waals surface area contributed by atoms with Gasteiger partial charge in [0.2, 0.25) is 0 Å². The van der Waals surface area contributed by atoms with E-state index >= 15 is 0 Å². The molecule has 8 heteroatoms. The number of hydrogen-bond acceptors (Lipinski definition) is 6. The molecule has 2 amide bonds. The lowest BCUT2D eigenvalue weighted by Gasteiger charge is -2.30. The number of nitrogens with zero attached hydrogens (tertiary/aromatic N) is 3. The van der Waals surface area contributed by atoms with E-state index in [1.54, 1.807) is 12.1 Å². The van der Waals surface area contributed by atoms with Gasteiger partial charge in [-0.2, -0.15) is 4.98 Å². The number of rotatable bonds is 7. The third-order valence-electron chi connectivity index (χ3n) is 5.52. The number of carbonyl (C=O) groups excluding carboxylic acids is 1. The highest BCUT2D eigenvalue weighted by Gasteiger charge is 2.19. The highest BCUT2D eigenvalue weighted by Crippen LogP contribution is 2.22. The molecule has 1 aliphatic rings. The van der Waals surface area contributed by atoms with E-state index in [9.17, 15) is 9.90 Å². The average molecular weight is 436 g/mol. The maximum atomic E-state index is 12.2. The van der Waals surface area contributed by atoms with Crippen molar-refractivity contribution in [3.63, 3.8) is 0 Å². The van der Waals surface area contributed by atoms with Crippen molar-refractivity contribution < 1.29 is 14.4 Å². The van der Waals surface area contributed by atoms with Gasteiger partial charge in [0.05, 0.1) is 6.10 Å². The largest absolute Gasteiger partial charge is 0.390 e. The fourth-order valence-electron chi connectivity index (χ4n) is 3.74.